The third-order valence-electron chi connectivity index (χ3n) is 3.96. The zero-order valence-corrected chi connectivity index (χ0v) is 14.4. The van der Waals surface area contributed by atoms with Crippen LogP contribution in [-0.4, -0.2) is 44.8 Å². The Morgan fingerprint density at radius 1 is 1.04 bits per heavy atom. The lowest BCUT2D eigenvalue weighted by Gasteiger charge is -2.24. The van der Waals surface area contributed by atoms with Crippen LogP contribution in [0.3, 0.4) is 0 Å². The first-order chi connectivity index (χ1) is 12.4. The summed E-state index contributed by atoms with van der Waals surface area (Å²) in [6, 6.07) is 11.8. The molecular formula is C19H22N2O5. The third kappa shape index (κ3) is 5.14. The first kappa shape index (κ1) is 19.1. The van der Waals surface area contributed by atoms with E-state index in [9.17, 15) is 24.9 Å². The second-order valence-corrected chi connectivity index (χ2v) is 5.87. The molecule has 0 aliphatic heterocycles. The summed E-state index contributed by atoms with van der Waals surface area (Å²) in [4.78, 5) is 25.5. The predicted octanol–water partition coefficient (Wildman–Crippen LogP) is 2.33. The molecule has 2 amide bonds. The molecule has 0 saturated heterocycles. The second kappa shape index (κ2) is 8.75. The standard InChI is InChI=1S/C19H22N2O5/c1-2-21(12-13-6-4-3-5-7-13)19(26)20-15(18(24)25)10-14-8-9-16(22)17(23)11-14/h3-9,11,15,22-23H,2,10,12H2,1H3,(H,20,26)(H,24,25)/t15-/m0/s1. The summed E-state index contributed by atoms with van der Waals surface area (Å²) in [6.07, 6.45) is -0.0161. The summed E-state index contributed by atoms with van der Waals surface area (Å²) in [7, 11) is 0. The molecule has 2 aromatic rings. The molecule has 0 bridgehead atoms. The number of hydrogen-bond donors (Lipinski definition) is 4. The van der Waals surface area contributed by atoms with E-state index in [2.05, 4.69) is 5.32 Å². The summed E-state index contributed by atoms with van der Waals surface area (Å²) < 4.78 is 0. The van der Waals surface area contributed by atoms with Crippen molar-refractivity contribution in [1.82, 2.24) is 10.2 Å². The maximum absolute atomic E-state index is 12.5. The molecule has 138 valence electrons. The van der Waals surface area contributed by atoms with Crippen LogP contribution in [0.25, 0.3) is 0 Å². The lowest BCUT2D eigenvalue weighted by atomic mass is 10.1. The Morgan fingerprint density at radius 2 is 1.73 bits per heavy atom. The summed E-state index contributed by atoms with van der Waals surface area (Å²) in [5.41, 5.74) is 1.43. The molecule has 2 rings (SSSR count). The lowest BCUT2D eigenvalue weighted by Crippen LogP contribution is -2.48. The number of carbonyl (C=O) groups excluding carboxylic acids is 1. The molecule has 0 saturated carbocycles. The predicted molar refractivity (Wildman–Crippen MR) is 96.0 cm³/mol. The Labute approximate surface area is 151 Å². The fraction of sp³-hybridized carbons (Fsp3) is 0.263. The van der Waals surface area contributed by atoms with Crippen molar-refractivity contribution in [2.24, 2.45) is 0 Å². The quantitative estimate of drug-likeness (QED) is 0.568. The molecule has 4 N–H and O–H groups in total. The summed E-state index contributed by atoms with van der Waals surface area (Å²) in [5.74, 6) is -1.80. The van der Waals surface area contributed by atoms with Crippen LogP contribution in [0, 0.1) is 0 Å². The Hall–Kier alpha value is -3.22. The van der Waals surface area contributed by atoms with Crippen LogP contribution in [0.15, 0.2) is 48.5 Å². The van der Waals surface area contributed by atoms with Gasteiger partial charge in [0.1, 0.15) is 6.04 Å². The summed E-state index contributed by atoms with van der Waals surface area (Å²) in [5, 5.41) is 30.8. The average Bonchev–Trinajstić information content (AvgIpc) is 2.62. The number of aromatic hydroxyl groups is 2. The molecule has 26 heavy (non-hydrogen) atoms. The highest BCUT2D eigenvalue weighted by Gasteiger charge is 2.23. The van der Waals surface area contributed by atoms with Crippen molar-refractivity contribution in [1.29, 1.82) is 0 Å². The number of amides is 2. The molecule has 0 unspecified atom stereocenters. The van der Waals surface area contributed by atoms with Gasteiger partial charge in [0.15, 0.2) is 11.5 Å². The molecule has 0 aromatic heterocycles. The largest absolute Gasteiger partial charge is 0.504 e. The van der Waals surface area contributed by atoms with E-state index in [0.717, 1.165) is 5.56 Å². The van der Waals surface area contributed by atoms with E-state index >= 15 is 0 Å². The smallest absolute Gasteiger partial charge is 0.326 e. The van der Waals surface area contributed by atoms with Crippen molar-refractivity contribution >= 4 is 12.0 Å². The fourth-order valence-electron chi connectivity index (χ4n) is 2.50. The Balaban J connectivity index is 2.06. The molecule has 0 heterocycles. The molecule has 0 radical (unpaired) electrons. The minimum Gasteiger partial charge on any atom is -0.504 e. The van der Waals surface area contributed by atoms with Crippen molar-refractivity contribution in [3.63, 3.8) is 0 Å². The van der Waals surface area contributed by atoms with Crippen LogP contribution in [0.4, 0.5) is 4.79 Å². The van der Waals surface area contributed by atoms with Crippen molar-refractivity contribution in [3.05, 3.63) is 59.7 Å². The van der Waals surface area contributed by atoms with Crippen LogP contribution < -0.4 is 5.32 Å². The second-order valence-electron chi connectivity index (χ2n) is 5.87. The van der Waals surface area contributed by atoms with Crippen LogP contribution in [0.5, 0.6) is 11.5 Å². The van der Waals surface area contributed by atoms with Crippen molar-refractivity contribution < 1.29 is 24.9 Å². The van der Waals surface area contributed by atoms with Gasteiger partial charge in [-0.15, -0.1) is 0 Å². The number of hydrogen-bond acceptors (Lipinski definition) is 4. The van der Waals surface area contributed by atoms with Gasteiger partial charge in [-0.05, 0) is 30.2 Å². The van der Waals surface area contributed by atoms with E-state index < -0.39 is 18.0 Å². The van der Waals surface area contributed by atoms with Gasteiger partial charge in [0.05, 0.1) is 0 Å². The number of carboxylic acids is 1. The van der Waals surface area contributed by atoms with Crippen LogP contribution in [0.2, 0.25) is 0 Å². The fourth-order valence-corrected chi connectivity index (χ4v) is 2.50. The molecule has 0 fully saturated rings. The lowest BCUT2D eigenvalue weighted by molar-refractivity contribution is -0.139. The van der Waals surface area contributed by atoms with E-state index in [1.165, 1.54) is 23.1 Å². The van der Waals surface area contributed by atoms with Gasteiger partial charge in [-0.25, -0.2) is 9.59 Å². The molecular weight excluding hydrogens is 336 g/mol. The Bertz CT molecular complexity index is 764. The number of carboxylic acid groups (broad SMARTS) is 1. The maximum Gasteiger partial charge on any atom is 0.326 e. The van der Waals surface area contributed by atoms with Crippen LogP contribution in [-0.2, 0) is 17.8 Å². The van der Waals surface area contributed by atoms with Crippen LogP contribution in [0.1, 0.15) is 18.1 Å². The van der Waals surface area contributed by atoms with Gasteiger partial charge in [-0.2, -0.15) is 0 Å². The van der Waals surface area contributed by atoms with Gasteiger partial charge >= 0.3 is 12.0 Å². The zero-order chi connectivity index (χ0) is 19.1. The molecule has 0 aliphatic rings. The normalized spacial score (nSPS) is 11.6. The van der Waals surface area contributed by atoms with Crippen molar-refractivity contribution in [3.8, 4) is 11.5 Å². The molecule has 0 spiro atoms. The number of phenolic OH excluding ortho intramolecular Hbond substituents is 2. The van der Waals surface area contributed by atoms with Gasteiger partial charge in [0.25, 0.3) is 0 Å². The first-order valence-electron chi connectivity index (χ1n) is 8.23. The molecule has 7 nitrogen and oxygen atoms in total. The number of nitrogens with one attached hydrogen (secondary N) is 1. The monoisotopic (exact) mass is 358 g/mol. The van der Waals surface area contributed by atoms with Crippen molar-refractivity contribution in [2.75, 3.05) is 6.54 Å². The number of aliphatic carboxylic acids is 1. The number of phenols is 2. The average molecular weight is 358 g/mol. The van der Waals surface area contributed by atoms with E-state index in [1.807, 2.05) is 37.3 Å². The minimum atomic E-state index is -1.18. The number of benzene rings is 2. The van der Waals surface area contributed by atoms with E-state index in [4.69, 9.17) is 0 Å². The third-order valence-corrected chi connectivity index (χ3v) is 3.96. The number of rotatable bonds is 7. The number of carbonyl (C=O) groups is 2. The highest BCUT2D eigenvalue weighted by Crippen LogP contribution is 2.25. The van der Waals surface area contributed by atoms with E-state index in [1.54, 1.807) is 0 Å². The minimum absolute atomic E-state index is 0.0161. The molecule has 0 aliphatic carbocycles. The number of nitrogens with zero attached hydrogens (tertiary/aromatic N) is 1. The van der Waals surface area contributed by atoms with E-state index in [-0.39, 0.29) is 17.9 Å². The van der Waals surface area contributed by atoms with Gasteiger partial charge in [0.2, 0.25) is 0 Å². The SMILES string of the molecule is CCN(Cc1ccccc1)C(=O)N[C@@H](Cc1ccc(O)c(O)c1)C(=O)O. The number of urea groups is 1. The maximum atomic E-state index is 12.5. The summed E-state index contributed by atoms with van der Waals surface area (Å²) in [6.45, 7) is 2.61. The topological polar surface area (TPSA) is 110 Å². The van der Waals surface area contributed by atoms with E-state index in [0.29, 0.717) is 18.7 Å². The van der Waals surface area contributed by atoms with Gasteiger partial charge in [-0.3, -0.25) is 0 Å². The molecule has 7 heteroatoms. The van der Waals surface area contributed by atoms with Gasteiger partial charge in [0, 0.05) is 19.5 Å². The van der Waals surface area contributed by atoms with Crippen molar-refractivity contribution in [2.45, 2.75) is 25.9 Å². The molecule has 1 atom stereocenters. The Morgan fingerprint density at radius 3 is 2.31 bits per heavy atom. The summed E-state index contributed by atoms with van der Waals surface area (Å²) >= 11 is 0. The van der Waals surface area contributed by atoms with Crippen LogP contribution >= 0.6 is 0 Å². The van der Waals surface area contributed by atoms with Gasteiger partial charge < -0.3 is 25.5 Å². The Kier molecular flexibility index (Phi) is 6.43. The highest BCUT2D eigenvalue weighted by atomic mass is 16.4. The zero-order valence-electron chi connectivity index (χ0n) is 14.4. The first-order valence-corrected chi connectivity index (χ1v) is 8.23. The van der Waals surface area contributed by atoms with Gasteiger partial charge in [-0.1, -0.05) is 36.4 Å². The molecule has 2 aromatic carbocycles. The highest BCUT2D eigenvalue weighted by molar-refractivity contribution is 5.82.